The van der Waals surface area contributed by atoms with Crippen molar-refractivity contribution in [2.75, 3.05) is 29.9 Å². The van der Waals surface area contributed by atoms with Gasteiger partial charge in [-0.15, -0.1) is 0 Å². The van der Waals surface area contributed by atoms with Crippen LogP contribution in [0.25, 0.3) is 0 Å². The number of benzene rings is 1. The predicted molar refractivity (Wildman–Crippen MR) is 111 cm³/mol. The molecule has 0 aliphatic carbocycles. The van der Waals surface area contributed by atoms with Gasteiger partial charge in [0.15, 0.2) is 0 Å². The Kier molecular flexibility index (Phi) is 5.68. The molecule has 0 bridgehead atoms. The standard InChI is InChI=1S/C20H20BrN5O2/c21-15-4-6-16(7-5-15)24-20(27)18-3-1-8-22-19(18)25-11-12-28-17(13-25)14-26-10-2-9-23-26/h1-10,17H,11-14H2,(H,24,27). The number of aromatic nitrogens is 3. The highest BCUT2D eigenvalue weighted by Gasteiger charge is 2.25. The van der Waals surface area contributed by atoms with Crippen LogP contribution in [0.4, 0.5) is 11.5 Å². The van der Waals surface area contributed by atoms with Crippen molar-refractivity contribution in [3.05, 3.63) is 71.1 Å². The number of nitrogens with one attached hydrogen (secondary N) is 1. The Morgan fingerprint density at radius 1 is 1.21 bits per heavy atom. The fourth-order valence-corrected chi connectivity index (χ4v) is 3.46. The lowest BCUT2D eigenvalue weighted by molar-refractivity contribution is 0.0271. The number of ether oxygens (including phenoxy) is 1. The van der Waals surface area contributed by atoms with Crippen LogP contribution in [0.15, 0.2) is 65.5 Å². The van der Waals surface area contributed by atoms with Crippen molar-refractivity contribution < 1.29 is 9.53 Å². The number of rotatable bonds is 5. The monoisotopic (exact) mass is 441 g/mol. The van der Waals surface area contributed by atoms with Crippen LogP contribution in [0, 0.1) is 0 Å². The highest BCUT2D eigenvalue weighted by atomic mass is 79.9. The topological polar surface area (TPSA) is 72.3 Å². The van der Waals surface area contributed by atoms with Crippen molar-refractivity contribution in [3.8, 4) is 0 Å². The fourth-order valence-electron chi connectivity index (χ4n) is 3.20. The first-order valence-corrected chi connectivity index (χ1v) is 9.84. The van der Waals surface area contributed by atoms with Gasteiger partial charge in [0.2, 0.25) is 0 Å². The third kappa shape index (κ3) is 4.40. The normalized spacial score (nSPS) is 16.8. The Hall–Kier alpha value is -2.71. The molecule has 0 saturated carbocycles. The van der Waals surface area contributed by atoms with E-state index in [1.165, 1.54) is 0 Å². The SMILES string of the molecule is O=C(Nc1ccc(Br)cc1)c1cccnc1N1CCOC(Cn2cccn2)C1. The minimum Gasteiger partial charge on any atom is -0.373 e. The number of carbonyl (C=O) groups excluding carboxylic acids is 1. The second kappa shape index (κ2) is 8.53. The summed E-state index contributed by atoms with van der Waals surface area (Å²) >= 11 is 3.40. The summed E-state index contributed by atoms with van der Waals surface area (Å²) < 4.78 is 8.69. The summed E-state index contributed by atoms with van der Waals surface area (Å²) in [5.74, 6) is 0.492. The van der Waals surface area contributed by atoms with Crippen LogP contribution in [-0.4, -0.2) is 46.5 Å². The number of amides is 1. The summed E-state index contributed by atoms with van der Waals surface area (Å²) in [6.45, 7) is 2.58. The molecular formula is C20H20BrN5O2. The molecule has 1 unspecified atom stereocenters. The van der Waals surface area contributed by atoms with Gasteiger partial charge < -0.3 is 15.0 Å². The van der Waals surface area contributed by atoms with Crippen LogP contribution in [0.1, 0.15) is 10.4 Å². The third-order valence-electron chi connectivity index (χ3n) is 4.52. The van der Waals surface area contributed by atoms with Gasteiger partial charge in [0.25, 0.3) is 5.91 Å². The minimum atomic E-state index is -0.180. The molecule has 1 saturated heterocycles. The minimum absolute atomic E-state index is 0.0157. The summed E-state index contributed by atoms with van der Waals surface area (Å²) in [5.41, 5.74) is 1.28. The molecule has 1 aliphatic heterocycles. The molecule has 3 heterocycles. The Balaban J connectivity index is 1.50. The zero-order valence-corrected chi connectivity index (χ0v) is 16.7. The fraction of sp³-hybridized carbons (Fsp3) is 0.250. The van der Waals surface area contributed by atoms with Crippen molar-refractivity contribution in [3.63, 3.8) is 0 Å². The molecule has 2 aromatic heterocycles. The van der Waals surface area contributed by atoms with E-state index in [1.54, 1.807) is 24.5 Å². The van der Waals surface area contributed by atoms with Gasteiger partial charge in [0, 0.05) is 41.8 Å². The Labute approximate surface area is 171 Å². The molecule has 1 aromatic carbocycles. The number of carbonyl (C=O) groups is 1. The van der Waals surface area contributed by atoms with Gasteiger partial charge in [-0.2, -0.15) is 5.10 Å². The molecule has 3 aromatic rings. The smallest absolute Gasteiger partial charge is 0.259 e. The molecule has 28 heavy (non-hydrogen) atoms. The van der Waals surface area contributed by atoms with Crippen molar-refractivity contribution >= 4 is 33.3 Å². The van der Waals surface area contributed by atoms with Crippen LogP contribution in [-0.2, 0) is 11.3 Å². The first kappa shape index (κ1) is 18.6. The van der Waals surface area contributed by atoms with E-state index >= 15 is 0 Å². The molecule has 1 aliphatic rings. The number of anilines is 2. The lowest BCUT2D eigenvalue weighted by Gasteiger charge is -2.34. The van der Waals surface area contributed by atoms with E-state index in [0.717, 1.165) is 10.2 Å². The number of halogens is 1. The molecular weight excluding hydrogens is 422 g/mol. The van der Waals surface area contributed by atoms with E-state index in [9.17, 15) is 4.79 Å². The molecule has 7 nitrogen and oxygen atoms in total. The van der Waals surface area contributed by atoms with E-state index < -0.39 is 0 Å². The summed E-state index contributed by atoms with van der Waals surface area (Å²) in [7, 11) is 0. The predicted octanol–water partition coefficient (Wildman–Crippen LogP) is 3.20. The van der Waals surface area contributed by atoms with Gasteiger partial charge in [0.05, 0.1) is 24.8 Å². The van der Waals surface area contributed by atoms with E-state index in [-0.39, 0.29) is 12.0 Å². The average Bonchev–Trinajstić information content (AvgIpc) is 3.23. The maximum absolute atomic E-state index is 12.9. The van der Waals surface area contributed by atoms with Crippen molar-refractivity contribution in [1.82, 2.24) is 14.8 Å². The first-order chi connectivity index (χ1) is 13.7. The maximum atomic E-state index is 12.9. The average molecular weight is 442 g/mol. The van der Waals surface area contributed by atoms with Gasteiger partial charge in [-0.25, -0.2) is 4.98 Å². The first-order valence-electron chi connectivity index (χ1n) is 9.05. The highest BCUT2D eigenvalue weighted by molar-refractivity contribution is 9.10. The zero-order valence-electron chi connectivity index (χ0n) is 15.2. The molecule has 0 radical (unpaired) electrons. The molecule has 4 rings (SSSR count). The second-order valence-electron chi connectivity index (χ2n) is 6.50. The molecule has 1 N–H and O–H groups in total. The number of morpholine rings is 1. The van der Waals surface area contributed by atoms with Crippen molar-refractivity contribution in [2.45, 2.75) is 12.6 Å². The summed E-state index contributed by atoms with van der Waals surface area (Å²) in [5, 5.41) is 7.18. The molecule has 144 valence electrons. The van der Waals surface area contributed by atoms with Gasteiger partial charge in [-0.3, -0.25) is 9.48 Å². The van der Waals surface area contributed by atoms with Crippen LogP contribution < -0.4 is 10.2 Å². The van der Waals surface area contributed by atoms with E-state index in [1.807, 2.05) is 41.2 Å². The summed E-state index contributed by atoms with van der Waals surface area (Å²) in [6.07, 6.45) is 5.37. The largest absolute Gasteiger partial charge is 0.373 e. The second-order valence-corrected chi connectivity index (χ2v) is 7.42. The molecule has 1 fully saturated rings. The Bertz CT molecular complexity index is 930. The van der Waals surface area contributed by atoms with Crippen LogP contribution in [0.2, 0.25) is 0 Å². The number of pyridine rings is 1. The van der Waals surface area contributed by atoms with Crippen LogP contribution in [0.5, 0.6) is 0 Å². The lowest BCUT2D eigenvalue weighted by Crippen LogP contribution is -2.45. The number of hydrogen-bond acceptors (Lipinski definition) is 5. The highest BCUT2D eigenvalue weighted by Crippen LogP contribution is 2.22. The van der Waals surface area contributed by atoms with Gasteiger partial charge >= 0.3 is 0 Å². The van der Waals surface area contributed by atoms with Crippen molar-refractivity contribution in [2.24, 2.45) is 0 Å². The van der Waals surface area contributed by atoms with Gasteiger partial charge in [0.1, 0.15) is 5.82 Å². The van der Waals surface area contributed by atoms with Gasteiger partial charge in [-0.1, -0.05) is 15.9 Å². The Morgan fingerprint density at radius 2 is 2.07 bits per heavy atom. The lowest BCUT2D eigenvalue weighted by atomic mass is 10.2. The summed E-state index contributed by atoms with van der Waals surface area (Å²) in [4.78, 5) is 19.5. The van der Waals surface area contributed by atoms with Crippen LogP contribution >= 0.6 is 15.9 Å². The van der Waals surface area contributed by atoms with E-state index in [2.05, 4.69) is 36.2 Å². The summed E-state index contributed by atoms with van der Waals surface area (Å²) in [6, 6.07) is 13.0. The molecule has 0 spiro atoms. The molecule has 1 atom stereocenters. The van der Waals surface area contributed by atoms with Gasteiger partial charge in [-0.05, 0) is 42.5 Å². The number of hydrogen-bond donors (Lipinski definition) is 1. The molecule has 1 amide bonds. The quantitative estimate of drug-likeness (QED) is 0.657. The zero-order chi connectivity index (χ0) is 19.3. The van der Waals surface area contributed by atoms with E-state index in [4.69, 9.17) is 4.74 Å². The molecule has 8 heteroatoms. The Morgan fingerprint density at radius 3 is 2.86 bits per heavy atom. The third-order valence-corrected chi connectivity index (χ3v) is 5.05. The number of nitrogens with zero attached hydrogens (tertiary/aromatic N) is 4. The van der Waals surface area contributed by atoms with Crippen molar-refractivity contribution in [1.29, 1.82) is 0 Å². The van der Waals surface area contributed by atoms with Crippen LogP contribution in [0.3, 0.4) is 0 Å². The maximum Gasteiger partial charge on any atom is 0.259 e. The van der Waals surface area contributed by atoms with E-state index in [0.29, 0.717) is 37.6 Å².